The molecule has 0 aromatic heterocycles. The minimum atomic E-state index is -0.384. The summed E-state index contributed by atoms with van der Waals surface area (Å²) < 4.78 is 19.0. The Morgan fingerprint density at radius 3 is 2.87 bits per heavy atom. The molecule has 1 aliphatic rings. The second-order valence-corrected chi connectivity index (χ2v) is 6.20. The van der Waals surface area contributed by atoms with Crippen molar-refractivity contribution in [3.63, 3.8) is 0 Å². The first kappa shape index (κ1) is 17.4. The topological polar surface area (TPSA) is 58.6 Å². The van der Waals surface area contributed by atoms with Crippen LogP contribution in [0.5, 0.6) is 0 Å². The fourth-order valence-corrected chi connectivity index (χ4v) is 2.53. The quantitative estimate of drug-likeness (QED) is 0.860. The summed E-state index contributed by atoms with van der Waals surface area (Å²) >= 11 is 0. The molecule has 6 heteroatoms. The number of nitrogens with one attached hydrogen (secondary N) is 1. The molecule has 126 valence electrons. The van der Waals surface area contributed by atoms with Gasteiger partial charge in [-0.25, -0.2) is 4.39 Å². The van der Waals surface area contributed by atoms with Gasteiger partial charge >= 0.3 is 0 Å². The molecule has 1 N–H and O–H groups in total. The van der Waals surface area contributed by atoms with Gasteiger partial charge in [0.2, 0.25) is 11.8 Å². The Bertz CT molecular complexity index is 563. The molecule has 5 nitrogen and oxygen atoms in total. The zero-order chi connectivity index (χ0) is 16.8. The molecule has 1 aromatic rings. The molecule has 0 radical (unpaired) electrons. The monoisotopic (exact) mass is 322 g/mol. The number of hydrogen-bond acceptors (Lipinski definition) is 3. The number of amides is 2. The van der Waals surface area contributed by atoms with Crippen LogP contribution in [0.15, 0.2) is 24.3 Å². The van der Waals surface area contributed by atoms with Crippen molar-refractivity contribution >= 4 is 11.8 Å². The fourth-order valence-electron chi connectivity index (χ4n) is 2.53. The molecule has 0 spiro atoms. The van der Waals surface area contributed by atoms with Crippen LogP contribution < -0.4 is 5.32 Å². The third-order valence-corrected chi connectivity index (χ3v) is 3.64. The predicted molar refractivity (Wildman–Crippen MR) is 84.3 cm³/mol. The van der Waals surface area contributed by atoms with Crippen LogP contribution in [-0.4, -0.2) is 49.1 Å². The normalized spacial score (nSPS) is 18.3. The molecule has 2 amide bonds. The molecule has 0 bridgehead atoms. The third-order valence-electron chi connectivity index (χ3n) is 3.64. The lowest BCUT2D eigenvalue weighted by atomic mass is 10.1. The Labute approximate surface area is 135 Å². The number of nitrogens with zero attached hydrogens (tertiary/aromatic N) is 1. The second kappa shape index (κ2) is 8.06. The van der Waals surface area contributed by atoms with Gasteiger partial charge < -0.3 is 15.0 Å². The van der Waals surface area contributed by atoms with E-state index in [0.29, 0.717) is 31.1 Å². The van der Waals surface area contributed by atoms with E-state index in [0.717, 1.165) is 0 Å². The van der Waals surface area contributed by atoms with Crippen LogP contribution in [0.25, 0.3) is 0 Å². The van der Waals surface area contributed by atoms with Gasteiger partial charge in [-0.2, -0.15) is 0 Å². The van der Waals surface area contributed by atoms with Gasteiger partial charge in [0.05, 0.1) is 12.5 Å². The summed E-state index contributed by atoms with van der Waals surface area (Å²) in [5, 5.41) is 2.75. The maximum atomic E-state index is 13.5. The molecule has 2 rings (SSSR count). The molecule has 1 aliphatic heterocycles. The molecule has 1 aromatic carbocycles. The molecule has 1 heterocycles. The summed E-state index contributed by atoms with van der Waals surface area (Å²) in [6, 6.07) is 6.22. The zero-order valence-electron chi connectivity index (χ0n) is 13.5. The summed E-state index contributed by atoms with van der Waals surface area (Å²) in [6.45, 7) is 5.61. The van der Waals surface area contributed by atoms with E-state index in [1.807, 2.05) is 13.8 Å². The summed E-state index contributed by atoms with van der Waals surface area (Å²) in [4.78, 5) is 25.4. The van der Waals surface area contributed by atoms with Gasteiger partial charge in [-0.3, -0.25) is 9.59 Å². The molecule has 1 atom stereocenters. The number of carbonyl (C=O) groups excluding carboxylic acids is 2. The van der Waals surface area contributed by atoms with Crippen LogP contribution in [0.3, 0.4) is 0 Å². The minimum Gasteiger partial charge on any atom is -0.365 e. The first-order valence-corrected chi connectivity index (χ1v) is 7.85. The van der Waals surface area contributed by atoms with Gasteiger partial charge in [-0.1, -0.05) is 32.0 Å². The van der Waals surface area contributed by atoms with Gasteiger partial charge in [0, 0.05) is 19.6 Å². The standard InChI is InChI=1S/C17H23FN2O3/c1-12(2)9-20-10-14(23-11-17(20)22)8-19-16(21)7-13-5-3-4-6-15(13)18/h3-6,12,14H,7-11H2,1-2H3,(H,19,21). The number of morpholine rings is 1. The molecular formula is C17H23FN2O3. The smallest absolute Gasteiger partial charge is 0.248 e. The number of rotatable bonds is 6. The fraction of sp³-hybridized carbons (Fsp3) is 0.529. The molecule has 23 heavy (non-hydrogen) atoms. The van der Waals surface area contributed by atoms with Crippen molar-refractivity contribution in [2.75, 3.05) is 26.2 Å². The van der Waals surface area contributed by atoms with E-state index >= 15 is 0 Å². The highest BCUT2D eigenvalue weighted by molar-refractivity contribution is 5.79. The van der Waals surface area contributed by atoms with Gasteiger partial charge in [-0.05, 0) is 17.5 Å². The van der Waals surface area contributed by atoms with Crippen LogP contribution in [0, 0.1) is 11.7 Å². The molecule has 1 unspecified atom stereocenters. The number of carbonyl (C=O) groups is 2. The Balaban J connectivity index is 1.80. The molecule has 1 fully saturated rings. The van der Waals surface area contributed by atoms with E-state index < -0.39 is 0 Å². The zero-order valence-corrected chi connectivity index (χ0v) is 13.5. The largest absolute Gasteiger partial charge is 0.365 e. The summed E-state index contributed by atoms with van der Waals surface area (Å²) in [5.41, 5.74) is 0.367. The molecule has 0 saturated carbocycles. The summed E-state index contributed by atoms with van der Waals surface area (Å²) in [6.07, 6.45) is -0.232. The van der Waals surface area contributed by atoms with Crippen LogP contribution >= 0.6 is 0 Å². The number of benzene rings is 1. The van der Waals surface area contributed by atoms with Gasteiger partial charge in [0.1, 0.15) is 12.4 Å². The van der Waals surface area contributed by atoms with Crippen LogP contribution in [0.4, 0.5) is 4.39 Å². The summed E-state index contributed by atoms with van der Waals surface area (Å²) in [5.74, 6) is -0.280. The molecular weight excluding hydrogens is 299 g/mol. The minimum absolute atomic E-state index is 0.00592. The van der Waals surface area contributed by atoms with Gasteiger partial charge in [-0.15, -0.1) is 0 Å². The van der Waals surface area contributed by atoms with Crippen LogP contribution in [0.2, 0.25) is 0 Å². The summed E-state index contributed by atoms with van der Waals surface area (Å²) in [7, 11) is 0. The van der Waals surface area contributed by atoms with Crippen molar-refractivity contribution in [2.45, 2.75) is 26.4 Å². The van der Waals surface area contributed by atoms with Crippen molar-refractivity contribution in [3.8, 4) is 0 Å². The third kappa shape index (κ3) is 5.32. The van der Waals surface area contributed by atoms with E-state index in [1.54, 1.807) is 23.1 Å². The lowest BCUT2D eigenvalue weighted by molar-refractivity contribution is -0.149. The average Bonchev–Trinajstić information content (AvgIpc) is 2.50. The van der Waals surface area contributed by atoms with Crippen molar-refractivity contribution in [1.82, 2.24) is 10.2 Å². The van der Waals surface area contributed by atoms with E-state index in [9.17, 15) is 14.0 Å². The second-order valence-electron chi connectivity index (χ2n) is 6.20. The highest BCUT2D eigenvalue weighted by Crippen LogP contribution is 2.10. The molecule has 0 aliphatic carbocycles. The Morgan fingerprint density at radius 1 is 1.43 bits per heavy atom. The van der Waals surface area contributed by atoms with E-state index in [2.05, 4.69) is 5.32 Å². The van der Waals surface area contributed by atoms with Crippen molar-refractivity contribution in [3.05, 3.63) is 35.6 Å². The van der Waals surface area contributed by atoms with Gasteiger partial charge in [0.15, 0.2) is 0 Å². The average molecular weight is 322 g/mol. The van der Waals surface area contributed by atoms with Crippen LogP contribution in [-0.2, 0) is 20.7 Å². The first-order chi connectivity index (χ1) is 11.0. The highest BCUT2D eigenvalue weighted by atomic mass is 19.1. The highest BCUT2D eigenvalue weighted by Gasteiger charge is 2.26. The number of ether oxygens (including phenoxy) is 1. The first-order valence-electron chi connectivity index (χ1n) is 7.85. The van der Waals surface area contributed by atoms with Crippen LogP contribution in [0.1, 0.15) is 19.4 Å². The lowest BCUT2D eigenvalue weighted by Gasteiger charge is -2.33. The number of hydrogen-bond donors (Lipinski definition) is 1. The Kier molecular flexibility index (Phi) is 6.10. The lowest BCUT2D eigenvalue weighted by Crippen LogP contribution is -2.51. The van der Waals surface area contributed by atoms with E-state index in [1.165, 1.54) is 6.07 Å². The van der Waals surface area contributed by atoms with E-state index in [-0.39, 0.29) is 36.8 Å². The maximum Gasteiger partial charge on any atom is 0.248 e. The maximum absolute atomic E-state index is 13.5. The predicted octanol–water partition coefficient (Wildman–Crippen LogP) is 1.37. The molecule has 1 saturated heterocycles. The Hall–Kier alpha value is -1.95. The van der Waals surface area contributed by atoms with Crippen molar-refractivity contribution in [2.24, 2.45) is 5.92 Å². The van der Waals surface area contributed by atoms with Gasteiger partial charge in [0.25, 0.3) is 0 Å². The number of halogens is 1. The van der Waals surface area contributed by atoms with Crippen molar-refractivity contribution < 1.29 is 18.7 Å². The van der Waals surface area contributed by atoms with Crippen molar-refractivity contribution in [1.29, 1.82) is 0 Å². The van der Waals surface area contributed by atoms with E-state index in [4.69, 9.17) is 4.74 Å². The SMILES string of the molecule is CC(C)CN1CC(CNC(=O)Cc2ccccc2F)OCC1=O. The Morgan fingerprint density at radius 2 is 2.17 bits per heavy atom.